The number of hydrogen-bond acceptors (Lipinski definition) is 9. The minimum absolute atomic E-state index is 0.0762. The minimum Gasteiger partial charge on any atom is -0.417 e. The molecule has 8 nitrogen and oxygen atoms in total. The first kappa shape index (κ1) is 19.7. The predicted molar refractivity (Wildman–Crippen MR) is 96.8 cm³/mol. The molecule has 2 aromatic heterocycles. The van der Waals surface area contributed by atoms with Crippen molar-refractivity contribution in [2.45, 2.75) is 12.9 Å². The number of nitrogen functional groups attached to an aromatic ring is 1. The number of pyridine rings is 1. The lowest BCUT2D eigenvalue weighted by molar-refractivity contribution is -0.286. The van der Waals surface area contributed by atoms with Gasteiger partial charge >= 0.3 is 12.9 Å². The summed E-state index contributed by atoms with van der Waals surface area (Å²) in [4.78, 5) is 20.3. The average molecular weight is 442 g/mol. The number of alkyl halides is 4. The van der Waals surface area contributed by atoms with Gasteiger partial charge in [0, 0.05) is 29.6 Å². The molecule has 3 aromatic rings. The quantitative estimate of drug-likeness (QED) is 0.435. The largest absolute Gasteiger partial charge is 0.586 e. The fourth-order valence-electron chi connectivity index (χ4n) is 2.51. The van der Waals surface area contributed by atoms with E-state index < -0.39 is 18.7 Å². The van der Waals surface area contributed by atoms with Crippen LogP contribution in [0, 0.1) is 0 Å². The first-order chi connectivity index (χ1) is 14.2. The van der Waals surface area contributed by atoms with Crippen molar-refractivity contribution in [1.82, 2.24) is 9.97 Å². The van der Waals surface area contributed by atoms with Gasteiger partial charge in [0.2, 0.25) is 11.7 Å². The molecule has 1 aliphatic heterocycles. The van der Waals surface area contributed by atoms with Gasteiger partial charge in [0.15, 0.2) is 16.6 Å². The van der Waals surface area contributed by atoms with Gasteiger partial charge in [0.1, 0.15) is 10.7 Å². The molecule has 30 heavy (non-hydrogen) atoms. The van der Waals surface area contributed by atoms with E-state index in [4.69, 9.17) is 5.73 Å². The zero-order valence-electron chi connectivity index (χ0n) is 14.6. The highest BCUT2D eigenvalue weighted by Gasteiger charge is 2.43. The van der Waals surface area contributed by atoms with Crippen molar-refractivity contribution in [3.05, 3.63) is 47.0 Å². The van der Waals surface area contributed by atoms with Gasteiger partial charge in [-0.05, 0) is 18.2 Å². The van der Waals surface area contributed by atoms with E-state index in [1.165, 1.54) is 24.3 Å². The summed E-state index contributed by atoms with van der Waals surface area (Å²) in [6.07, 6.45) is -2.67. The Morgan fingerprint density at radius 3 is 2.67 bits per heavy atom. The molecule has 0 unspecified atom stereocenters. The number of nitrogens with one attached hydrogen (secondary N) is 1. The van der Waals surface area contributed by atoms with Crippen molar-refractivity contribution in [3.63, 3.8) is 0 Å². The molecule has 1 aromatic carbocycles. The van der Waals surface area contributed by atoms with Crippen molar-refractivity contribution in [3.8, 4) is 17.4 Å². The van der Waals surface area contributed by atoms with Crippen molar-refractivity contribution >= 4 is 33.8 Å². The number of rotatable bonds is 6. The zero-order chi connectivity index (χ0) is 21.5. The van der Waals surface area contributed by atoms with Crippen LogP contribution in [0.5, 0.6) is 17.4 Å². The third-order valence-corrected chi connectivity index (χ3v) is 4.71. The maximum atomic E-state index is 13.1. The van der Waals surface area contributed by atoms with Crippen LogP contribution in [0.25, 0.3) is 0 Å². The molecular weight excluding hydrogens is 432 g/mol. The molecule has 0 aliphatic carbocycles. The fraction of sp³-hybridized carbons (Fsp3) is 0.118. The predicted octanol–water partition coefficient (Wildman–Crippen LogP) is 4.02. The van der Waals surface area contributed by atoms with Gasteiger partial charge < -0.3 is 25.3 Å². The number of thiazole rings is 1. The van der Waals surface area contributed by atoms with Gasteiger partial charge in [-0.1, -0.05) is 11.3 Å². The van der Waals surface area contributed by atoms with Gasteiger partial charge in [0.05, 0.1) is 0 Å². The number of ether oxygens (including phenoxy) is 3. The Bertz CT molecular complexity index is 1110. The van der Waals surface area contributed by atoms with Crippen LogP contribution in [0.15, 0.2) is 36.5 Å². The lowest BCUT2D eigenvalue weighted by atomic mass is 10.1. The number of nitrogens with zero attached hydrogens (tertiary/aromatic N) is 2. The highest BCUT2D eigenvalue weighted by Crippen LogP contribution is 2.43. The monoisotopic (exact) mass is 442 g/mol. The Hall–Kier alpha value is -3.61. The van der Waals surface area contributed by atoms with Crippen molar-refractivity contribution in [2.75, 3.05) is 11.1 Å². The zero-order valence-corrected chi connectivity index (χ0v) is 15.4. The second kappa shape index (κ2) is 7.33. The SMILES string of the molecule is Nc1nc(Nc2ccc3c(c2)OC(F)(F)O3)sc1C(=O)c1ccc(OC(F)F)nc1. The maximum absolute atomic E-state index is 13.1. The summed E-state index contributed by atoms with van der Waals surface area (Å²) in [6.45, 7) is -3.03. The summed E-state index contributed by atoms with van der Waals surface area (Å²) in [5.74, 6) is -1.23. The van der Waals surface area contributed by atoms with Gasteiger partial charge in [-0.3, -0.25) is 4.79 Å². The van der Waals surface area contributed by atoms with Gasteiger partial charge in [0.25, 0.3) is 0 Å². The Kier molecular flexibility index (Phi) is 4.81. The number of hydrogen-bond donors (Lipinski definition) is 2. The van der Waals surface area contributed by atoms with Crippen LogP contribution in [0.4, 0.5) is 34.2 Å². The maximum Gasteiger partial charge on any atom is 0.586 e. The third-order valence-electron chi connectivity index (χ3n) is 3.72. The summed E-state index contributed by atoms with van der Waals surface area (Å²) in [5, 5.41) is 3.05. The van der Waals surface area contributed by atoms with Crippen LogP contribution in [-0.2, 0) is 0 Å². The lowest BCUT2D eigenvalue weighted by Gasteiger charge is -2.04. The summed E-state index contributed by atoms with van der Waals surface area (Å²) < 4.78 is 63.4. The second-order valence-electron chi connectivity index (χ2n) is 5.78. The summed E-state index contributed by atoms with van der Waals surface area (Å²) in [5.41, 5.74) is 6.24. The lowest BCUT2D eigenvalue weighted by Crippen LogP contribution is -2.25. The Morgan fingerprint density at radius 2 is 1.97 bits per heavy atom. The smallest absolute Gasteiger partial charge is 0.417 e. The minimum atomic E-state index is -3.74. The number of carbonyl (C=O) groups is 1. The fourth-order valence-corrected chi connectivity index (χ4v) is 3.37. The third kappa shape index (κ3) is 4.05. The van der Waals surface area contributed by atoms with Crippen LogP contribution >= 0.6 is 11.3 Å². The molecule has 1 aliphatic rings. The summed E-state index contributed by atoms with van der Waals surface area (Å²) in [6, 6.07) is 6.40. The molecule has 0 amide bonds. The second-order valence-corrected chi connectivity index (χ2v) is 6.78. The van der Waals surface area contributed by atoms with E-state index >= 15 is 0 Å². The molecule has 4 rings (SSSR count). The molecule has 0 saturated carbocycles. The van der Waals surface area contributed by atoms with Gasteiger partial charge in [-0.2, -0.15) is 8.78 Å². The Balaban J connectivity index is 1.50. The molecule has 13 heteroatoms. The number of ketones is 1. The first-order valence-electron chi connectivity index (χ1n) is 8.09. The van der Waals surface area contributed by atoms with Crippen molar-refractivity contribution < 1.29 is 36.6 Å². The standard InChI is InChI=1S/C17H10F4N4O4S/c18-15(19)27-11-4-1-7(6-23-11)12(26)13-14(22)25-16(30-13)24-8-2-3-9-10(5-8)29-17(20,21)28-9/h1-6,15H,22H2,(H,24,25). The molecule has 0 radical (unpaired) electrons. The molecule has 0 fully saturated rings. The Morgan fingerprint density at radius 1 is 1.20 bits per heavy atom. The van der Waals surface area contributed by atoms with E-state index in [1.807, 2.05) is 0 Å². The number of halogens is 4. The molecule has 0 atom stereocenters. The van der Waals surface area contributed by atoms with Crippen molar-refractivity contribution in [2.24, 2.45) is 0 Å². The molecule has 156 valence electrons. The van der Waals surface area contributed by atoms with Crippen LogP contribution in [0.2, 0.25) is 0 Å². The molecule has 3 N–H and O–H groups in total. The van der Waals surface area contributed by atoms with E-state index in [-0.39, 0.29) is 38.8 Å². The highest BCUT2D eigenvalue weighted by molar-refractivity contribution is 7.18. The van der Waals surface area contributed by atoms with Crippen LogP contribution in [-0.4, -0.2) is 28.7 Å². The van der Waals surface area contributed by atoms with E-state index in [0.717, 1.165) is 23.6 Å². The van der Waals surface area contributed by atoms with Crippen LogP contribution in [0.3, 0.4) is 0 Å². The molecule has 3 heterocycles. The van der Waals surface area contributed by atoms with Crippen LogP contribution < -0.4 is 25.3 Å². The van der Waals surface area contributed by atoms with E-state index in [9.17, 15) is 22.4 Å². The van der Waals surface area contributed by atoms with E-state index in [2.05, 4.69) is 29.5 Å². The summed E-state index contributed by atoms with van der Waals surface area (Å²) >= 11 is 0.909. The molecule has 0 bridgehead atoms. The topological polar surface area (TPSA) is 109 Å². The van der Waals surface area contributed by atoms with E-state index in [1.54, 1.807) is 0 Å². The number of fused-ring (bicyclic) bond motifs is 1. The first-order valence-corrected chi connectivity index (χ1v) is 8.90. The average Bonchev–Trinajstić information content (AvgIpc) is 3.18. The Labute approximate surface area is 169 Å². The normalized spacial score (nSPS) is 14.0. The van der Waals surface area contributed by atoms with Gasteiger partial charge in [-0.25, -0.2) is 9.97 Å². The number of anilines is 3. The van der Waals surface area contributed by atoms with E-state index in [0.29, 0.717) is 5.69 Å². The number of nitrogens with two attached hydrogens (primary N) is 1. The number of benzene rings is 1. The van der Waals surface area contributed by atoms with Gasteiger partial charge in [-0.15, -0.1) is 8.78 Å². The van der Waals surface area contributed by atoms with Crippen molar-refractivity contribution in [1.29, 1.82) is 0 Å². The molecule has 0 spiro atoms. The molecular formula is C17H10F4N4O4S. The van der Waals surface area contributed by atoms with Crippen LogP contribution in [0.1, 0.15) is 15.2 Å². The molecule has 0 saturated heterocycles. The number of aromatic nitrogens is 2. The summed E-state index contributed by atoms with van der Waals surface area (Å²) in [7, 11) is 0. The highest BCUT2D eigenvalue weighted by atomic mass is 32.1. The number of carbonyl (C=O) groups excluding carboxylic acids is 1.